The first-order valence-electron chi connectivity index (χ1n) is 6.53. The molecule has 0 heterocycles. The summed E-state index contributed by atoms with van der Waals surface area (Å²) in [6, 6.07) is -0.755. The number of carboxylic acids is 1. The molecule has 0 saturated heterocycles. The molecule has 4 nitrogen and oxygen atoms in total. The van der Waals surface area contributed by atoms with Gasteiger partial charge in [-0.25, -0.2) is 4.79 Å². The summed E-state index contributed by atoms with van der Waals surface area (Å²) >= 11 is 0. The molecule has 2 atom stereocenters. The van der Waals surface area contributed by atoms with Crippen LogP contribution in [-0.2, 0) is 9.59 Å². The molecule has 1 amide bonds. The van der Waals surface area contributed by atoms with E-state index in [-0.39, 0.29) is 11.8 Å². The fourth-order valence-electron chi connectivity index (χ4n) is 1.90. The number of carbonyl (C=O) groups excluding carboxylic acids is 1. The van der Waals surface area contributed by atoms with E-state index in [4.69, 9.17) is 5.11 Å². The number of amides is 1. The average Bonchev–Trinajstić information content (AvgIpc) is 2.22. The summed E-state index contributed by atoms with van der Waals surface area (Å²) in [6.45, 7) is 9.70. The molecule has 0 fully saturated rings. The minimum absolute atomic E-state index is 0.188. The van der Waals surface area contributed by atoms with E-state index in [0.717, 1.165) is 24.8 Å². The standard InChI is InChI=1S/C14H25NO3/c1-5-6-7-12(14(17)18)15-13(16)9-11(4)8-10(2)3/h11-12H,2,5-9H2,1,3-4H3,(H,15,16)(H,17,18)/t11?,12-/m1/s1. The van der Waals surface area contributed by atoms with Crippen molar-refractivity contribution in [3.05, 3.63) is 12.2 Å². The lowest BCUT2D eigenvalue weighted by Gasteiger charge is -2.16. The van der Waals surface area contributed by atoms with Gasteiger partial charge in [0.2, 0.25) is 5.91 Å². The molecular weight excluding hydrogens is 230 g/mol. The Hall–Kier alpha value is -1.32. The largest absolute Gasteiger partial charge is 0.480 e. The summed E-state index contributed by atoms with van der Waals surface area (Å²) < 4.78 is 0. The number of unbranched alkanes of at least 4 members (excludes halogenated alkanes) is 1. The Morgan fingerprint density at radius 1 is 1.33 bits per heavy atom. The zero-order chi connectivity index (χ0) is 14.1. The van der Waals surface area contributed by atoms with E-state index in [2.05, 4.69) is 11.9 Å². The first-order chi connectivity index (χ1) is 8.36. The summed E-state index contributed by atoms with van der Waals surface area (Å²) in [5.41, 5.74) is 1.04. The highest BCUT2D eigenvalue weighted by Gasteiger charge is 2.20. The van der Waals surface area contributed by atoms with Gasteiger partial charge in [0.1, 0.15) is 6.04 Å². The van der Waals surface area contributed by atoms with Crippen LogP contribution in [0.2, 0.25) is 0 Å². The van der Waals surface area contributed by atoms with Gasteiger partial charge in [0.15, 0.2) is 0 Å². The van der Waals surface area contributed by atoms with Gasteiger partial charge in [-0.3, -0.25) is 4.79 Å². The quantitative estimate of drug-likeness (QED) is 0.622. The van der Waals surface area contributed by atoms with Crippen molar-refractivity contribution >= 4 is 11.9 Å². The molecule has 1 unspecified atom stereocenters. The number of hydrogen-bond donors (Lipinski definition) is 2. The molecule has 0 spiro atoms. The van der Waals surface area contributed by atoms with Gasteiger partial charge in [0.05, 0.1) is 0 Å². The lowest BCUT2D eigenvalue weighted by atomic mass is 9.99. The second-order valence-electron chi connectivity index (χ2n) is 5.07. The van der Waals surface area contributed by atoms with Gasteiger partial charge >= 0.3 is 5.97 Å². The first-order valence-corrected chi connectivity index (χ1v) is 6.53. The van der Waals surface area contributed by atoms with Crippen LogP contribution in [0.15, 0.2) is 12.2 Å². The number of carbonyl (C=O) groups is 2. The van der Waals surface area contributed by atoms with Crippen LogP contribution in [0.1, 0.15) is 52.9 Å². The number of nitrogens with one attached hydrogen (secondary N) is 1. The molecule has 4 heteroatoms. The fraction of sp³-hybridized carbons (Fsp3) is 0.714. The summed E-state index contributed by atoms with van der Waals surface area (Å²) in [7, 11) is 0. The van der Waals surface area contributed by atoms with Crippen LogP contribution in [-0.4, -0.2) is 23.0 Å². The van der Waals surface area contributed by atoms with Gasteiger partial charge in [-0.05, 0) is 25.7 Å². The molecule has 2 N–H and O–H groups in total. The van der Waals surface area contributed by atoms with E-state index >= 15 is 0 Å². The summed E-state index contributed by atoms with van der Waals surface area (Å²) in [4.78, 5) is 22.7. The molecule has 0 aliphatic carbocycles. The van der Waals surface area contributed by atoms with E-state index in [1.54, 1.807) is 0 Å². The number of aliphatic carboxylic acids is 1. The van der Waals surface area contributed by atoms with Crippen molar-refractivity contribution in [3.8, 4) is 0 Å². The summed E-state index contributed by atoms with van der Waals surface area (Å²) in [5.74, 6) is -0.945. The molecule has 0 aromatic rings. The van der Waals surface area contributed by atoms with Crippen LogP contribution in [0, 0.1) is 5.92 Å². The Kier molecular flexibility index (Phi) is 8.08. The Morgan fingerprint density at radius 3 is 2.39 bits per heavy atom. The van der Waals surface area contributed by atoms with E-state index < -0.39 is 12.0 Å². The normalized spacial score (nSPS) is 13.7. The van der Waals surface area contributed by atoms with Crippen molar-refractivity contribution < 1.29 is 14.7 Å². The number of carboxylic acid groups (broad SMARTS) is 1. The Labute approximate surface area is 109 Å². The molecule has 0 aliphatic rings. The zero-order valence-electron chi connectivity index (χ0n) is 11.7. The predicted molar refractivity (Wildman–Crippen MR) is 72.3 cm³/mol. The minimum atomic E-state index is -0.954. The third kappa shape index (κ3) is 7.87. The number of allylic oxidation sites excluding steroid dienone is 1. The van der Waals surface area contributed by atoms with Crippen LogP contribution in [0.4, 0.5) is 0 Å². The van der Waals surface area contributed by atoms with Crippen LogP contribution < -0.4 is 5.32 Å². The number of rotatable bonds is 9. The second kappa shape index (κ2) is 8.72. The maximum Gasteiger partial charge on any atom is 0.326 e. The van der Waals surface area contributed by atoms with Gasteiger partial charge in [-0.15, -0.1) is 6.58 Å². The number of hydrogen-bond acceptors (Lipinski definition) is 2. The highest BCUT2D eigenvalue weighted by atomic mass is 16.4. The molecule has 0 aliphatic heterocycles. The molecule has 0 bridgehead atoms. The fourth-order valence-corrected chi connectivity index (χ4v) is 1.90. The Balaban J connectivity index is 4.16. The topological polar surface area (TPSA) is 66.4 Å². The zero-order valence-corrected chi connectivity index (χ0v) is 11.7. The molecule has 104 valence electrons. The van der Waals surface area contributed by atoms with E-state index in [0.29, 0.717) is 12.8 Å². The van der Waals surface area contributed by atoms with Crippen molar-refractivity contribution in [1.82, 2.24) is 5.32 Å². The second-order valence-corrected chi connectivity index (χ2v) is 5.07. The van der Waals surface area contributed by atoms with Crippen LogP contribution in [0.3, 0.4) is 0 Å². The van der Waals surface area contributed by atoms with Gasteiger partial charge in [0.25, 0.3) is 0 Å². The molecule has 0 rings (SSSR count). The maximum atomic E-state index is 11.7. The molecule has 0 saturated carbocycles. The predicted octanol–water partition coefficient (Wildman–Crippen LogP) is 2.74. The van der Waals surface area contributed by atoms with Crippen LogP contribution >= 0.6 is 0 Å². The van der Waals surface area contributed by atoms with Crippen molar-refractivity contribution in [1.29, 1.82) is 0 Å². The summed E-state index contributed by atoms with van der Waals surface area (Å²) in [6.07, 6.45) is 3.36. The highest BCUT2D eigenvalue weighted by molar-refractivity contribution is 5.83. The molecule has 0 radical (unpaired) electrons. The van der Waals surface area contributed by atoms with Crippen molar-refractivity contribution in [2.45, 2.75) is 58.9 Å². The third-order valence-corrected chi connectivity index (χ3v) is 2.71. The molecular formula is C14H25NO3. The van der Waals surface area contributed by atoms with Crippen LogP contribution in [0.25, 0.3) is 0 Å². The van der Waals surface area contributed by atoms with Gasteiger partial charge in [-0.2, -0.15) is 0 Å². The maximum absolute atomic E-state index is 11.7. The first kappa shape index (κ1) is 16.7. The average molecular weight is 255 g/mol. The monoisotopic (exact) mass is 255 g/mol. The lowest BCUT2D eigenvalue weighted by molar-refractivity contribution is -0.142. The molecule has 0 aromatic carbocycles. The Morgan fingerprint density at radius 2 is 1.94 bits per heavy atom. The van der Waals surface area contributed by atoms with Crippen molar-refractivity contribution in [2.75, 3.05) is 0 Å². The van der Waals surface area contributed by atoms with Gasteiger partial charge < -0.3 is 10.4 Å². The SMILES string of the molecule is C=C(C)CC(C)CC(=O)N[C@H](CCCC)C(=O)O. The smallest absolute Gasteiger partial charge is 0.326 e. The van der Waals surface area contributed by atoms with Crippen LogP contribution in [0.5, 0.6) is 0 Å². The van der Waals surface area contributed by atoms with E-state index in [1.807, 2.05) is 20.8 Å². The molecule has 0 aromatic heterocycles. The Bertz CT molecular complexity index is 299. The minimum Gasteiger partial charge on any atom is -0.480 e. The van der Waals surface area contributed by atoms with Gasteiger partial charge in [0, 0.05) is 6.42 Å². The molecule has 18 heavy (non-hydrogen) atoms. The highest BCUT2D eigenvalue weighted by Crippen LogP contribution is 2.13. The lowest BCUT2D eigenvalue weighted by Crippen LogP contribution is -2.41. The summed E-state index contributed by atoms with van der Waals surface area (Å²) in [5, 5.41) is 11.6. The van der Waals surface area contributed by atoms with E-state index in [9.17, 15) is 9.59 Å². The van der Waals surface area contributed by atoms with E-state index in [1.165, 1.54) is 0 Å². The third-order valence-electron chi connectivity index (χ3n) is 2.71. The van der Waals surface area contributed by atoms with Gasteiger partial charge in [-0.1, -0.05) is 32.3 Å². The van der Waals surface area contributed by atoms with Crippen molar-refractivity contribution in [2.24, 2.45) is 5.92 Å². The van der Waals surface area contributed by atoms with Crippen molar-refractivity contribution in [3.63, 3.8) is 0 Å².